The first-order chi connectivity index (χ1) is 9.76. The molecule has 0 spiro atoms. The fourth-order valence-corrected chi connectivity index (χ4v) is 1.50. The molecule has 5 heteroatoms. The van der Waals surface area contributed by atoms with Crippen LogP contribution < -0.4 is 16.0 Å². The van der Waals surface area contributed by atoms with Gasteiger partial charge in [0.05, 0.1) is 6.54 Å². The van der Waals surface area contributed by atoms with E-state index in [9.17, 15) is 9.59 Å². The predicted molar refractivity (Wildman–Crippen MR) is 83.9 cm³/mol. The van der Waals surface area contributed by atoms with Crippen molar-refractivity contribution in [2.45, 2.75) is 33.2 Å². The number of anilines is 1. The van der Waals surface area contributed by atoms with E-state index < -0.39 is 0 Å². The molecule has 0 aliphatic carbocycles. The number of benzene rings is 1. The summed E-state index contributed by atoms with van der Waals surface area (Å²) in [5.41, 5.74) is 1.29. The van der Waals surface area contributed by atoms with Crippen molar-refractivity contribution in [2.24, 2.45) is 0 Å². The summed E-state index contributed by atoms with van der Waals surface area (Å²) >= 11 is 0. The predicted octanol–water partition coefficient (Wildman–Crippen LogP) is 2.09. The quantitative estimate of drug-likeness (QED) is 0.729. The van der Waals surface area contributed by atoms with Crippen LogP contribution in [0.15, 0.2) is 24.3 Å². The first-order valence-electron chi connectivity index (χ1n) is 6.69. The van der Waals surface area contributed by atoms with Crippen molar-refractivity contribution in [1.82, 2.24) is 10.6 Å². The smallest absolute Gasteiger partial charge is 0.315 e. The van der Waals surface area contributed by atoms with Gasteiger partial charge in [0.2, 0.25) is 5.91 Å². The monoisotopic (exact) mass is 287 g/mol. The van der Waals surface area contributed by atoms with Crippen LogP contribution in [-0.4, -0.2) is 24.0 Å². The van der Waals surface area contributed by atoms with E-state index in [1.165, 1.54) is 6.92 Å². The molecule has 0 heterocycles. The summed E-state index contributed by atoms with van der Waals surface area (Å²) in [4.78, 5) is 22.4. The molecule has 0 saturated carbocycles. The van der Waals surface area contributed by atoms with Crippen molar-refractivity contribution in [1.29, 1.82) is 0 Å². The standard InChI is InChI=1S/C16H21N3O2/c1-12(20)18-14-9-7-13(8-10-14)6-5-11-17-15(21)19-16(2,3)4/h7-10H,11H2,1-4H3,(H,18,20)(H2,17,19,21). The summed E-state index contributed by atoms with van der Waals surface area (Å²) in [6.45, 7) is 7.47. The summed E-state index contributed by atoms with van der Waals surface area (Å²) in [7, 11) is 0. The van der Waals surface area contributed by atoms with Crippen LogP contribution in [0.1, 0.15) is 33.3 Å². The van der Waals surface area contributed by atoms with Gasteiger partial charge in [0.1, 0.15) is 0 Å². The zero-order valence-corrected chi connectivity index (χ0v) is 12.8. The third-order valence-corrected chi connectivity index (χ3v) is 2.26. The molecule has 3 N–H and O–H groups in total. The molecule has 0 atom stereocenters. The molecule has 112 valence electrons. The van der Waals surface area contributed by atoms with Gasteiger partial charge in [0, 0.05) is 23.7 Å². The Balaban J connectivity index is 2.45. The Labute approximate surface area is 125 Å². The zero-order chi connectivity index (χ0) is 15.9. The number of amides is 3. The molecule has 0 aliphatic rings. The average Bonchev–Trinajstić information content (AvgIpc) is 2.34. The molecule has 0 bridgehead atoms. The van der Waals surface area contributed by atoms with Gasteiger partial charge in [0.25, 0.3) is 0 Å². The largest absolute Gasteiger partial charge is 0.334 e. The molecule has 0 saturated heterocycles. The van der Waals surface area contributed by atoms with Gasteiger partial charge in [-0.05, 0) is 45.0 Å². The van der Waals surface area contributed by atoms with Crippen LogP contribution in [0.3, 0.4) is 0 Å². The third-order valence-electron chi connectivity index (χ3n) is 2.26. The van der Waals surface area contributed by atoms with E-state index in [1.54, 1.807) is 12.1 Å². The fourth-order valence-electron chi connectivity index (χ4n) is 1.50. The van der Waals surface area contributed by atoms with Gasteiger partial charge in [-0.3, -0.25) is 4.79 Å². The average molecular weight is 287 g/mol. The Bertz CT molecular complexity index is 560. The molecular weight excluding hydrogens is 266 g/mol. The molecule has 0 radical (unpaired) electrons. The number of hydrogen-bond donors (Lipinski definition) is 3. The number of urea groups is 1. The van der Waals surface area contributed by atoms with E-state index >= 15 is 0 Å². The lowest BCUT2D eigenvalue weighted by Gasteiger charge is -2.20. The summed E-state index contributed by atoms with van der Waals surface area (Å²) < 4.78 is 0. The van der Waals surface area contributed by atoms with Crippen molar-refractivity contribution in [3.05, 3.63) is 29.8 Å². The Morgan fingerprint density at radius 2 is 1.76 bits per heavy atom. The second-order valence-electron chi connectivity index (χ2n) is 5.62. The minimum absolute atomic E-state index is 0.108. The molecule has 0 aromatic heterocycles. The normalized spacial score (nSPS) is 10.1. The van der Waals surface area contributed by atoms with Crippen LogP contribution in [0.2, 0.25) is 0 Å². The topological polar surface area (TPSA) is 70.2 Å². The van der Waals surface area contributed by atoms with Crippen LogP contribution in [0, 0.1) is 11.8 Å². The lowest BCUT2D eigenvalue weighted by Crippen LogP contribution is -2.46. The van der Waals surface area contributed by atoms with E-state index in [0.29, 0.717) is 0 Å². The van der Waals surface area contributed by atoms with Crippen molar-refractivity contribution in [3.63, 3.8) is 0 Å². The summed E-state index contributed by atoms with van der Waals surface area (Å²) in [5, 5.41) is 8.14. The molecule has 1 aromatic carbocycles. The lowest BCUT2D eigenvalue weighted by atomic mass is 10.1. The number of rotatable bonds is 2. The van der Waals surface area contributed by atoms with Crippen molar-refractivity contribution in [2.75, 3.05) is 11.9 Å². The van der Waals surface area contributed by atoms with Crippen LogP contribution in [0.25, 0.3) is 0 Å². The molecule has 3 amide bonds. The van der Waals surface area contributed by atoms with Gasteiger partial charge in [-0.2, -0.15) is 0 Å². The Morgan fingerprint density at radius 1 is 1.14 bits per heavy atom. The lowest BCUT2D eigenvalue weighted by molar-refractivity contribution is -0.114. The highest BCUT2D eigenvalue weighted by atomic mass is 16.2. The molecule has 0 fully saturated rings. The Hall–Kier alpha value is -2.48. The number of hydrogen-bond acceptors (Lipinski definition) is 2. The first kappa shape index (κ1) is 16.6. The Kier molecular flexibility index (Phi) is 5.79. The van der Waals surface area contributed by atoms with E-state index in [1.807, 2.05) is 32.9 Å². The van der Waals surface area contributed by atoms with Gasteiger partial charge in [-0.1, -0.05) is 11.8 Å². The van der Waals surface area contributed by atoms with Gasteiger partial charge in [0.15, 0.2) is 0 Å². The van der Waals surface area contributed by atoms with Gasteiger partial charge < -0.3 is 16.0 Å². The second-order valence-corrected chi connectivity index (χ2v) is 5.62. The first-order valence-corrected chi connectivity index (χ1v) is 6.69. The maximum Gasteiger partial charge on any atom is 0.315 e. The van der Waals surface area contributed by atoms with E-state index in [2.05, 4.69) is 27.8 Å². The molecule has 0 unspecified atom stereocenters. The fraction of sp³-hybridized carbons (Fsp3) is 0.375. The van der Waals surface area contributed by atoms with Crippen LogP contribution in [0.5, 0.6) is 0 Å². The highest BCUT2D eigenvalue weighted by molar-refractivity contribution is 5.88. The van der Waals surface area contributed by atoms with Gasteiger partial charge >= 0.3 is 6.03 Å². The van der Waals surface area contributed by atoms with Crippen molar-refractivity contribution < 1.29 is 9.59 Å². The van der Waals surface area contributed by atoms with Gasteiger partial charge in [-0.25, -0.2) is 4.79 Å². The van der Waals surface area contributed by atoms with Crippen molar-refractivity contribution >= 4 is 17.6 Å². The highest BCUT2D eigenvalue weighted by Gasteiger charge is 2.12. The second kappa shape index (κ2) is 7.34. The SMILES string of the molecule is CC(=O)Nc1ccc(C#CCNC(=O)NC(C)(C)C)cc1. The molecule has 1 rings (SSSR count). The zero-order valence-electron chi connectivity index (χ0n) is 12.8. The number of carbonyl (C=O) groups excluding carboxylic acids is 2. The van der Waals surface area contributed by atoms with Gasteiger partial charge in [-0.15, -0.1) is 0 Å². The summed E-state index contributed by atoms with van der Waals surface area (Å²) in [6, 6.07) is 6.95. The molecule has 21 heavy (non-hydrogen) atoms. The van der Waals surface area contributed by atoms with Crippen LogP contribution in [0.4, 0.5) is 10.5 Å². The molecular formula is C16H21N3O2. The maximum absolute atomic E-state index is 11.5. The summed E-state index contributed by atoms with van der Waals surface area (Å²) in [6.07, 6.45) is 0. The number of carbonyl (C=O) groups is 2. The van der Waals surface area contributed by atoms with Crippen LogP contribution >= 0.6 is 0 Å². The van der Waals surface area contributed by atoms with E-state index in [0.717, 1.165) is 11.3 Å². The van der Waals surface area contributed by atoms with Crippen LogP contribution in [-0.2, 0) is 4.79 Å². The summed E-state index contributed by atoms with van der Waals surface area (Å²) in [5.74, 6) is 5.70. The molecule has 5 nitrogen and oxygen atoms in total. The third kappa shape index (κ3) is 7.63. The molecule has 0 aliphatic heterocycles. The maximum atomic E-state index is 11.5. The Morgan fingerprint density at radius 3 is 2.29 bits per heavy atom. The minimum atomic E-state index is -0.267. The minimum Gasteiger partial charge on any atom is -0.334 e. The molecule has 1 aromatic rings. The van der Waals surface area contributed by atoms with E-state index in [-0.39, 0.29) is 24.0 Å². The highest BCUT2D eigenvalue weighted by Crippen LogP contribution is 2.08. The van der Waals surface area contributed by atoms with Crippen molar-refractivity contribution in [3.8, 4) is 11.8 Å². The number of nitrogens with one attached hydrogen (secondary N) is 3. The van der Waals surface area contributed by atoms with E-state index in [4.69, 9.17) is 0 Å².